The van der Waals surface area contributed by atoms with Gasteiger partial charge in [0.2, 0.25) is 5.91 Å². The zero-order valence-electron chi connectivity index (χ0n) is 9.77. The van der Waals surface area contributed by atoms with Gasteiger partial charge >= 0.3 is 5.97 Å². The Labute approximate surface area is 104 Å². The van der Waals surface area contributed by atoms with E-state index in [1.165, 1.54) is 11.3 Å². The number of rotatable bonds is 4. The van der Waals surface area contributed by atoms with E-state index in [0.717, 1.165) is 6.42 Å². The predicted molar refractivity (Wildman–Crippen MR) is 64.7 cm³/mol. The second kappa shape index (κ2) is 4.14. The first-order valence-electron chi connectivity index (χ1n) is 5.48. The van der Waals surface area contributed by atoms with E-state index in [0.29, 0.717) is 4.88 Å². The van der Waals surface area contributed by atoms with Crippen molar-refractivity contribution in [2.45, 2.75) is 26.3 Å². The third-order valence-corrected chi connectivity index (χ3v) is 4.13. The fourth-order valence-electron chi connectivity index (χ4n) is 1.87. The normalized spacial score (nSPS) is 22.8. The molecule has 1 amide bonds. The molecule has 1 saturated carbocycles. The predicted octanol–water partition coefficient (Wildman–Crippen LogP) is 2.04. The maximum Gasteiger partial charge on any atom is 0.331 e. The Morgan fingerprint density at radius 3 is 2.65 bits per heavy atom. The monoisotopic (exact) mass is 253 g/mol. The van der Waals surface area contributed by atoms with E-state index in [1.807, 2.05) is 13.8 Å². The van der Waals surface area contributed by atoms with E-state index in [-0.39, 0.29) is 17.2 Å². The lowest BCUT2D eigenvalue weighted by molar-refractivity contribution is -0.142. The molecular weight excluding hydrogens is 238 g/mol. The first-order valence-corrected chi connectivity index (χ1v) is 6.36. The van der Waals surface area contributed by atoms with E-state index in [4.69, 9.17) is 5.11 Å². The summed E-state index contributed by atoms with van der Waals surface area (Å²) in [6.45, 7) is 4.02. The molecule has 0 aromatic carbocycles. The Hall–Kier alpha value is -1.36. The molecule has 1 aromatic rings. The minimum Gasteiger partial charge on any atom is -0.479 e. The molecular formula is C12H15NO3S. The number of hydrogen-bond donors (Lipinski definition) is 2. The lowest BCUT2D eigenvalue weighted by Crippen LogP contribution is -2.35. The number of thiophene rings is 1. The fraction of sp³-hybridized carbons (Fsp3) is 0.500. The Bertz CT molecular complexity index is 439. The maximum atomic E-state index is 11.9. The highest BCUT2D eigenvalue weighted by Gasteiger charge is 2.51. The Kier molecular flexibility index (Phi) is 2.95. The number of carbonyl (C=O) groups excluding carboxylic acids is 1. The molecule has 1 aliphatic carbocycles. The third-order valence-electron chi connectivity index (χ3n) is 3.19. The van der Waals surface area contributed by atoms with Gasteiger partial charge in [-0.25, -0.2) is 4.79 Å². The van der Waals surface area contributed by atoms with Gasteiger partial charge in [0.15, 0.2) is 6.04 Å². The molecule has 5 heteroatoms. The SMILES string of the molecule is CC1(C)CC1C(=O)NC(C(=O)O)c1cccs1. The second-order valence-corrected chi connectivity index (χ2v) is 6.02. The van der Waals surface area contributed by atoms with Gasteiger partial charge in [-0.15, -0.1) is 11.3 Å². The van der Waals surface area contributed by atoms with Gasteiger partial charge in [0, 0.05) is 10.8 Å². The van der Waals surface area contributed by atoms with Crippen molar-refractivity contribution in [2.24, 2.45) is 11.3 Å². The van der Waals surface area contributed by atoms with Crippen molar-refractivity contribution < 1.29 is 14.7 Å². The van der Waals surface area contributed by atoms with Crippen LogP contribution in [0.3, 0.4) is 0 Å². The molecule has 0 saturated heterocycles. The second-order valence-electron chi connectivity index (χ2n) is 5.04. The summed E-state index contributed by atoms with van der Waals surface area (Å²) in [6, 6.07) is 2.59. The summed E-state index contributed by atoms with van der Waals surface area (Å²) in [4.78, 5) is 23.6. The standard InChI is InChI=1S/C12H15NO3S/c1-12(2)6-7(12)10(14)13-9(11(15)16)8-4-3-5-17-8/h3-5,7,9H,6H2,1-2H3,(H,13,14)(H,15,16). The number of aliphatic carboxylic acids is 1. The van der Waals surface area contributed by atoms with Gasteiger partial charge in [0.05, 0.1) is 0 Å². The lowest BCUT2D eigenvalue weighted by atomic mass is 10.1. The van der Waals surface area contributed by atoms with Crippen molar-refractivity contribution in [3.8, 4) is 0 Å². The van der Waals surface area contributed by atoms with Crippen LogP contribution in [0.25, 0.3) is 0 Å². The van der Waals surface area contributed by atoms with E-state index in [2.05, 4.69) is 5.32 Å². The number of amides is 1. The van der Waals surface area contributed by atoms with Crippen LogP contribution in [0, 0.1) is 11.3 Å². The molecule has 2 rings (SSSR count). The van der Waals surface area contributed by atoms with E-state index in [1.54, 1.807) is 17.5 Å². The molecule has 2 atom stereocenters. The van der Waals surface area contributed by atoms with Crippen LogP contribution in [-0.4, -0.2) is 17.0 Å². The quantitative estimate of drug-likeness (QED) is 0.863. The maximum absolute atomic E-state index is 11.9. The van der Waals surface area contributed by atoms with Gasteiger partial charge in [0.1, 0.15) is 0 Å². The van der Waals surface area contributed by atoms with Gasteiger partial charge in [-0.3, -0.25) is 4.79 Å². The van der Waals surface area contributed by atoms with Crippen molar-refractivity contribution >= 4 is 23.2 Å². The van der Waals surface area contributed by atoms with Crippen LogP contribution in [0.15, 0.2) is 17.5 Å². The lowest BCUT2D eigenvalue weighted by Gasteiger charge is -2.13. The summed E-state index contributed by atoms with van der Waals surface area (Å²) in [6.07, 6.45) is 0.829. The number of nitrogens with one attached hydrogen (secondary N) is 1. The number of carboxylic acid groups (broad SMARTS) is 1. The molecule has 1 aromatic heterocycles. The number of hydrogen-bond acceptors (Lipinski definition) is 3. The van der Waals surface area contributed by atoms with Crippen molar-refractivity contribution in [3.05, 3.63) is 22.4 Å². The van der Waals surface area contributed by atoms with Crippen molar-refractivity contribution in [1.82, 2.24) is 5.32 Å². The van der Waals surface area contributed by atoms with E-state index in [9.17, 15) is 9.59 Å². The molecule has 0 bridgehead atoms. The molecule has 17 heavy (non-hydrogen) atoms. The van der Waals surface area contributed by atoms with Crippen LogP contribution in [0.2, 0.25) is 0 Å². The summed E-state index contributed by atoms with van der Waals surface area (Å²) < 4.78 is 0. The molecule has 1 fully saturated rings. The fourth-order valence-corrected chi connectivity index (χ4v) is 2.63. The van der Waals surface area contributed by atoms with Gasteiger partial charge in [-0.2, -0.15) is 0 Å². The van der Waals surface area contributed by atoms with Crippen LogP contribution in [0.1, 0.15) is 31.2 Å². The van der Waals surface area contributed by atoms with Crippen LogP contribution in [0.5, 0.6) is 0 Å². The van der Waals surface area contributed by atoms with Crippen LogP contribution < -0.4 is 5.32 Å². The molecule has 0 spiro atoms. The average Bonchev–Trinajstić information content (AvgIpc) is 2.67. The van der Waals surface area contributed by atoms with Crippen LogP contribution >= 0.6 is 11.3 Å². The molecule has 0 aliphatic heterocycles. The summed E-state index contributed by atoms with van der Waals surface area (Å²) in [7, 11) is 0. The van der Waals surface area contributed by atoms with Crippen molar-refractivity contribution in [2.75, 3.05) is 0 Å². The molecule has 92 valence electrons. The topological polar surface area (TPSA) is 66.4 Å². The summed E-state index contributed by atoms with van der Waals surface area (Å²) in [5, 5.41) is 13.5. The highest BCUT2D eigenvalue weighted by atomic mass is 32.1. The number of carbonyl (C=O) groups is 2. The molecule has 1 aliphatic rings. The Morgan fingerprint density at radius 1 is 1.59 bits per heavy atom. The summed E-state index contributed by atoms with van der Waals surface area (Å²) >= 11 is 1.34. The van der Waals surface area contributed by atoms with Gasteiger partial charge in [0.25, 0.3) is 0 Å². The smallest absolute Gasteiger partial charge is 0.331 e. The van der Waals surface area contributed by atoms with Crippen molar-refractivity contribution in [3.63, 3.8) is 0 Å². The van der Waals surface area contributed by atoms with Crippen LogP contribution in [-0.2, 0) is 9.59 Å². The molecule has 1 heterocycles. The number of carboxylic acids is 1. The average molecular weight is 253 g/mol. The van der Waals surface area contributed by atoms with E-state index < -0.39 is 12.0 Å². The minimum atomic E-state index is -1.01. The van der Waals surface area contributed by atoms with Crippen LogP contribution in [0.4, 0.5) is 0 Å². The first kappa shape index (κ1) is 12.1. The Balaban J connectivity index is 2.05. The zero-order chi connectivity index (χ0) is 12.6. The molecule has 2 unspecified atom stereocenters. The minimum absolute atomic E-state index is 0.0165. The zero-order valence-corrected chi connectivity index (χ0v) is 10.6. The summed E-state index contributed by atoms with van der Waals surface area (Å²) in [5.74, 6) is -1.22. The van der Waals surface area contributed by atoms with E-state index >= 15 is 0 Å². The van der Waals surface area contributed by atoms with Gasteiger partial charge in [-0.1, -0.05) is 19.9 Å². The third kappa shape index (κ3) is 2.49. The molecule has 0 radical (unpaired) electrons. The highest BCUT2D eigenvalue weighted by molar-refractivity contribution is 7.10. The van der Waals surface area contributed by atoms with Gasteiger partial charge in [-0.05, 0) is 23.3 Å². The van der Waals surface area contributed by atoms with Gasteiger partial charge < -0.3 is 10.4 Å². The largest absolute Gasteiger partial charge is 0.479 e. The molecule has 2 N–H and O–H groups in total. The Morgan fingerprint density at radius 2 is 2.24 bits per heavy atom. The molecule has 4 nitrogen and oxygen atoms in total. The summed E-state index contributed by atoms with van der Waals surface area (Å²) in [5.41, 5.74) is 0.0165. The van der Waals surface area contributed by atoms with Crippen molar-refractivity contribution in [1.29, 1.82) is 0 Å². The first-order chi connectivity index (χ1) is 7.92. The highest BCUT2D eigenvalue weighted by Crippen LogP contribution is 2.51.